The maximum atomic E-state index is 5.58. The van der Waals surface area contributed by atoms with Crippen LogP contribution >= 0.6 is 12.2 Å². The fourth-order valence-corrected chi connectivity index (χ4v) is 3.71. The Labute approximate surface area is 135 Å². The van der Waals surface area contributed by atoms with E-state index in [0.29, 0.717) is 6.04 Å². The molecule has 2 aliphatic rings. The van der Waals surface area contributed by atoms with Gasteiger partial charge in [0.25, 0.3) is 0 Å². The van der Waals surface area contributed by atoms with Crippen LogP contribution in [-0.2, 0) is 13.7 Å². The van der Waals surface area contributed by atoms with Crippen LogP contribution in [0.25, 0.3) is 11.6 Å². The van der Waals surface area contributed by atoms with Gasteiger partial charge in [0.1, 0.15) is 0 Å². The molecule has 0 aromatic carbocycles. The van der Waals surface area contributed by atoms with E-state index in [2.05, 4.69) is 4.90 Å². The smallest absolute Gasteiger partial charge is 0.199 e. The Hall–Kier alpha value is -1.40. The summed E-state index contributed by atoms with van der Waals surface area (Å²) in [6.07, 6.45) is 9.68. The minimum absolute atomic E-state index is 0.712. The lowest BCUT2D eigenvalue weighted by molar-refractivity contribution is 0.134. The van der Waals surface area contributed by atoms with Crippen molar-refractivity contribution in [2.24, 2.45) is 7.05 Å². The van der Waals surface area contributed by atoms with Crippen LogP contribution in [0.1, 0.15) is 38.5 Å². The predicted octanol–water partition coefficient (Wildman–Crippen LogP) is 3.58. The van der Waals surface area contributed by atoms with E-state index in [-0.39, 0.29) is 0 Å². The highest BCUT2D eigenvalue weighted by atomic mass is 32.1. The molecule has 0 atom stereocenters. The van der Waals surface area contributed by atoms with Gasteiger partial charge in [0, 0.05) is 19.1 Å². The molecular weight excluding hydrogens is 296 g/mol. The van der Waals surface area contributed by atoms with Crippen molar-refractivity contribution in [1.82, 2.24) is 19.2 Å². The van der Waals surface area contributed by atoms with Crippen molar-refractivity contribution in [3.8, 4) is 11.6 Å². The summed E-state index contributed by atoms with van der Waals surface area (Å²) in [5, 5.41) is 4.71. The van der Waals surface area contributed by atoms with Gasteiger partial charge < -0.3 is 8.98 Å². The molecule has 2 aromatic rings. The van der Waals surface area contributed by atoms with E-state index < -0.39 is 0 Å². The number of hydrogen-bond acceptors (Lipinski definition) is 4. The second kappa shape index (κ2) is 5.66. The first-order chi connectivity index (χ1) is 10.7. The Morgan fingerprint density at radius 3 is 2.64 bits per heavy atom. The zero-order valence-corrected chi connectivity index (χ0v) is 13.8. The molecule has 0 saturated heterocycles. The molecule has 0 bridgehead atoms. The third-order valence-corrected chi connectivity index (χ3v) is 5.37. The standard InChI is InChI=1S/C16H22N4OS/c1-18-15(14-7-4-10-21-14)17-20(16(18)22)11-19(13-8-9-13)12-5-2-3-6-12/h4,7,10,12-13H,2-3,5-6,8-9,11H2,1H3. The predicted molar refractivity (Wildman–Crippen MR) is 86.9 cm³/mol. The summed E-state index contributed by atoms with van der Waals surface area (Å²) in [4.78, 5) is 2.63. The van der Waals surface area contributed by atoms with Crippen molar-refractivity contribution in [2.75, 3.05) is 0 Å². The molecule has 0 unspecified atom stereocenters. The van der Waals surface area contributed by atoms with Crippen molar-refractivity contribution in [2.45, 2.75) is 57.3 Å². The lowest BCUT2D eigenvalue weighted by atomic mass is 10.2. The van der Waals surface area contributed by atoms with Gasteiger partial charge in [-0.3, -0.25) is 4.90 Å². The largest absolute Gasteiger partial charge is 0.461 e. The highest BCUT2D eigenvalue weighted by Crippen LogP contribution is 2.34. The van der Waals surface area contributed by atoms with Crippen LogP contribution in [0.2, 0.25) is 0 Å². The average molecular weight is 318 g/mol. The number of hydrogen-bond donors (Lipinski definition) is 0. The fourth-order valence-electron chi connectivity index (χ4n) is 3.53. The van der Waals surface area contributed by atoms with Gasteiger partial charge in [0.2, 0.25) is 0 Å². The van der Waals surface area contributed by atoms with Gasteiger partial charge in [-0.1, -0.05) is 12.8 Å². The Morgan fingerprint density at radius 2 is 2.00 bits per heavy atom. The van der Waals surface area contributed by atoms with E-state index in [9.17, 15) is 0 Å². The summed E-state index contributed by atoms with van der Waals surface area (Å²) in [5.41, 5.74) is 0. The highest BCUT2D eigenvalue weighted by Gasteiger charge is 2.35. The number of rotatable bonds is 5. The molecule has 0 aliphatic heterocycles. The molecule has 2 aromatic heterocycles. The topological polar surface area (TPSA) is 39.1 Å². The first-order valence-corrected chi connectivity index (χ1v) is 8.58. The van der Waals surface area contributed by atoms with Gasteiger partial charge in [-0.25, -0.2) is 4.68 Å². The Morgan fingerprint density at radius 1 is 1.27 bits per heavy atom. The molecule has 2 fully saturated rings. The lowest BCUT2D eigenvalue weighted by Crippen LogP contribution is -2.37. The molecule has 22 heavy (non-hydrogen) atoms. The summed E-state index contributed by atoms with van der Waals surface area (Å²) in [6.45, 7) is 0.808. The first kappa shape index (κ1) is 14.2. The second-order valence-corrected chi connectivity index (χ2v) is 6.83. The molecule has 2 heterocycles. The zero-order chi connectivity index (χ0) is 15.1. The van der Waals surface area contributed by atoms with Crippen molar-refractivity contribution in [1.29, 1.82) is 0 Å². The summed E-state index contributed by atoms with van der Waals surface area (Å²) < 4.78 is 10.1. The van der Waals surface area contributed by atoms with Gasteiger partial charge in [-0.2, -0.15) is 0 Å². The third kappa shape index (κ3) is 2.54. The van der Waals surface area contributed by atoms with Crippen LogP contribution in [0.5, 0.6) is 0 Å². The van der Waals surface area contributed by atoms with Crippen LogP contribution in [-0.4, -0.2) is 31.3 Å². The maximum Gasteiger partial charge on any atom is 0.199 e. The van der Waals surface area contributed by atoms with E-state index in [1.165, 1.54) is 38.5 Å². The molecule has 2 aliphatic carbocycles. The van der Waals surface area contributed by atoms with Crippen LogP contribution in [0.3, 0.4) is 0 Å². The van der Waals surface area contributed by atoms with E-state index in [4.69, 9.17) is 21.7 Å². The van der Waals surface area contributed by atoms with Crippen LogP contribution in [0.15, 0.2) is 22.8 Å². The number of nitrogens with zero attached hydrogens (tertiary/aromatic N) is 4. The normalized spacial score (nSPS) is 19.4. The van der Waals surface area contributed by atoms with Crippen molar-refractivity contribution >= 4 is 12.2 Å². The molecule has 5 nitrogen and oxygen atoms in total. The van der Waals surface area contributed by atoms with Crippen LogP contribution < -0.4 is 0 Å². The van der Waals surface area contributed by atoms with Crippen molar-refractivity contribution < 1.29 is 4.42 Å². The summed E-state index contributed by atoms with van der Waals surface area (Å²) >= 11 is 5.58. The third-order valence-electron chi connectivity index (χ3n) is 4.89. The highest BCUT2D eigenvalue weighted by molar-refractivity contribution is 7.71. The molecular formula is C16H22N4OS. The maximum absolute atomic E-state index is 5.58. The minimum atomic E-state index is 0.712. The van der Waals surface area contributed by atoms with E-state index in [1.54, 1.807) is 6.26 Å². The van der Waals surface area contributed by atoms with Gasteiger partial charge in [-0.05, 0) is 50.0 Å². The molecule has 0 N–H and O–H groups in total. The number of aromatic nitrogens is 3. The van der Waals surface area contributed by atoms with Crippen LogP contribution in [0, 0.1) is 4.77 Å². The summed E-state index contributed by atoms with van der Waals surface area (Å²) in [5.74, 6) is 1.57. The summed E-state index contributed by atoms with van der Waals surface area (Å²) in [6, 6.07) is 5.26. The Bertz CT molecular complexity index is 692. The van der Waals surface area contributed by atoms with Crippen molar-refractivity contribution in [3.05, 3.63) is 23.2 Å². The SMILES string of the molecule is Cn1c(-c2ccco2)nn(CN(C2CCCC2)C2CC2)c1=S. The van der Waals surface area contributed by atoms with Crippen molar-refractivity contribution in [3.63, 3.8) is 0 Å². The molecule has 6 heteroatoms. The van der Waals surface area contributed by atoms with Gasteiger partial charge in [-0.15, -0.1) is 5.10 Å². The quantitative estimate of drug-likeness (QED) is 0.790. The molecule has 0 spiro atoms. The average Bonchev–Trinajstić information content (AvgIpc) is 2.95. The second-order valence-electron chi connectivity index (χ2n) is 6.47. The fraction of sp³-hybridized carbons (Fsp3) is 0.625. The van der Waals surface area contributed by atoms with E-state index >= 15 is 0 Å². The molecule has 0 amide bonds. The molecule has 0 radical (unpaired) electrons. The first-order valence-electron chi connectivity index (χ1n) is 8.17. The monoisotopic (exact) mass is 318 g/mol. The summed E-state index contributed by atoms with van der Waals surface area (Å²) in [7, 11) is 1.96. The molecule has 118 valence electrons. The zero-order valence-electron chi connectivity index (χ0n) is 12.9. The van der Waals surface area contributed by atoms with Gasteiger partial charge >= 0.3 is 0 Å². The minimum Gasteiger partial charge on any atom is -0.461 e. The van der Waals surface area contributed by atoms with Crippen LogP contribution in [0.4, 0.5) is 0 Å². The Balaban J connectivity index is 1.62. The molecule has 4 rings (SSSR count). The van der Waals surface area contributed by atoms with Gasteiger partial charge in [0.15, 0.2) is 16.4 Å². The Kier molecular flexibility index (Phi) is 3.66. The number of furan rings is 1. The van der Waals surface area contributed by atoms with Gasteiger partial charge in [0.05, 0.1) is 12.9 Å². The van der Waals surface area contributed by atoms with E-state index in [0.717, 1.165) is 29.1 Å². The molecule has 2 saturated carbocycles. The lowest BCUT2D eigenvalue weighted by Gasteiger charge is -2.28. The van der Waals surface area contributed by atoms with E-state index in [1.807, 2.05) is 28.4 Å².